The number of rotatable bonds is 6. The number of halogens is 1. The number of aromatic nitrogens is 3. The van der Waals surface area contributed by atoms with Crippen molar-refractivity contribution >= 4 is 11.8 Å². The Balaban J connectivity index is 1.54. The van der Waals surface area contributed by atoms with E-state index in [0.717, 1.165) is 53.3 Å². The summed E-state index contributed by atoms with van der Waals surface area (Å²) in [6.45, 7) is 13.1. The van der Waals surface area contributed by atoms with Crippen molar-refractivity contribution in [3.63, 3.8) is 0 Å². The molecule has 0 unspecified atom stereocenters. The lowest BCUT2D eigenvalue weighted by molar-refractivity contribution is -0.160. The van der Waals surface area contributed by atoms with Crippen LogP contribution in [0.2, 0.25) is 0 Å². The minimum absolute atomic E-state index is 0.272. The lowest BCUT2D eigenvalue weighted by Gasteiger charge is -2.31. The van der Waals surface area contributed by atoms with E-state index in [4.69, 9.17) is 14.5 Å². The zero-order valence-corrected chi connectivity index (χ0v) is 26.7. The number of fused-ring (bicyclic) bond motifs is 2. The van der Waals surface area contributed by atoms with Crippen molar-refractivity contribution in [1.29, 1.82) is 0 Å². The number of ether oxygens (including phenoxy) is 2. The molecule has 0 fully saturated rings. The fourth-order valence-electron chi connectivity index (χ4n) is 6.52. The van der Waals surface area contributed by atoms with Gasteiger partial charge in [-0.1, -0.05) is 18.2 Å². The van der Waals surface area contributed by atoms with Gasteiger partial charge in [0.1, 0.15) is 12.1 Å². The van der Waals surface area contributed by atoms with Gasteiger partial charge in [-0.25, -0.2) is 19.2 Å². The van der Waals surface area contributed by atoms with E-state index in [0.29, 0.717) is 42.0 Å². The van der Waals surface area contributed by atoms with Crippen molar-refractivity contribution in [2.24, 2.45) is 0 Å². The maximum atomic E-state index is 15.6. The molecule has 9 heteroatoms. The van der Waals surface area contributed by atoms with Gasteiger partial charge in [-0.15, -0.1) is 0 Å². The van der Waals surface area contributed by atoms with Crippen LogP contribution in [0.3, 0.4) is 0 Å². The Morgan fingerprint density at radius 2 is 1.76 bits per heavy atom. The predicted molar refractivity (Wildman–Crippen MR) is 171 cm³/mol. The van der Waals surface area contributed by atoms with E-state index in [1.807, 2.05) is 46.8 Å². The molecule has 4 heterocycles. The van der Waals surface area contributed by atoms with Crippen molar-refractivity contribution < 1.29 is 23.8 Å². The molecular weight excluding hydrogens is 571 g/mol. The van der Waals surface area contributed by atoms with E-state index in [-0.39, 0.29) is 5.75 Å². The molecule has 0 saturated heterocycles. The molecule has 0 bridgehead atoms. The average molecular weight is 611 g/mol. The first-order chi connectivity index (χ1) is 21.4. The van der Waals surface area contributed by atoms with Gasteiger partial charge in [0.15, 0.2) is 17.7 Å². The van der Waals surface area contributed by atoms with Gasteiger partial charge in [-0.2, -0.15) is 0 Å². The number of hydrogen-bond acceptors (Lipinski definition) is 7. The number of pyridine rings is 1. The van der Waals surface area contributed by atoms with E-state index >= 15 is 4.39 Å². The number of nitrogens with zero attached hydrogens (tertiary/aromatic N) is 4. The van der Waals surface area contributed by atoms with Crippen molar-refractivity contribution in [3.05, 3.63) is 87.9 Å². The van der Waals surface area contributed by atoms with Gasteiger partial charge in [0, 0.05) is 47.4 Å². The summed E-state index contributed by atoms with van der Waals surface area (Å²) in [5.74, 6) is -0.410. The Hall–Kier alpha value is -4.37. The zero-order chi connectivity index (χ0) is 32.0. The van der Waals surface area contributed by atoms with Crippen LogP contribution in [0, 0.1) is 26.6 Å². The molecule has 8 nitrogen and oxygen atoms in total. The van der Waals surface area contributed by atoms with Gasteiger partial charge in [0.25, 0.3) is 0 Å². The second-order valence-electron chi connectivity index (χ2n) is 13.0. The minimum Gasteiger partial charge on any atom is -0.490 e. The highest BCUT2D eigenvalue weighted by Gasteiger charge is 2.34. The summed E-state index contributed by atoms with van der Waals surface area (Å²) in [6.07, 6.45) is 2.55. The highest BCUT2D eigenvalue weighted by molar-refractivity contribution is 5.91. The van der Waals surface area contributed by atoms with Crippen LogP contribution in [0.1, 0.15) is 72.6 Å². The third-order valence-corrected chi connectivity index (χ3v) is 8.43. The molecule has 0 radical (unpaired) electrons. The molecule has 4 aromatic rings. The summed E-state index contributed by atoms with van der Waals surface area (Å²) in [4.78, 5) is 28.7. The highest BCUT2D eigenvalue weighted by atomic mass is 19.1. The lowest BCUT2D eigenvalue weighted by atomic mass is 9.84. The monoisotopic (exact) mass is 610 g/mol. The quantitative estimate of drug-likeness (QED) is 0.247. The molecule has 2 aliphatic rings. The second-order valence-corrected chi connectivity index (χ2v) is 13.0. The topological polar surface area (TPSA) is 97.7 Å². The first kappa shape index (κ1) is 30.6. The third-order valence-electron chi connectivity index (χ3n) is 8.43. The van der Waals surface area contributed by atoms with Crippen molar-refractivity contribution in [3.8, 4) is 28.0 Å². The Morgan fingerprint density at radius 1 is 0.978 bits per heavy atom. The van der Waals surface area contributed by atoms with Crippen LogP contribution in [0.4, 0.5) is 10.2 Å². The molecule has 1 N–H and O–H groups in total. The molecule has 0 spiro atoms. The van der Waals surface area contributed by atoms with Crippen LogP contribution in [0.25, 0.3) is 22.3 Å². The number of aliphatic carboxylic acids is 1. The van der Waals surface area contributed by atoms with Gasteiger partial charge < -0.3 is 19.5 Å². The van der Waals surface area contributed by atoms with E-state index in [9.17, 15) is 9.90 Å². The van der Waals surface area contributed by atoms with E-state index in [2.05, 4.69) is 33.1 Å². The SMILES string of the molecule is Cc1cc(N2CCc3cc(-c4c(C)nc(C)c([C@H](OC(C)(C)C)C(=O)O)c4-c4cc(F)c5c(c4)CCCO5)ccc3C2)ncn1. The predicted octanol–water partition coefficient (Wildman–Crippen LogP) is 7.10. The van der Waals surface area contributed by atoms with Gasteiger partial charge >= 0.3 is 5.97 Å². The van der Waals surface area contributed by atoms with Crippen molar-refractivity contribution in [2.75, 3.05) is 18.1 Å². The number of hydrogen-bond donors (Lipinski definition) is 1. The van der Waals surface area contributed by atoms with Gasteiger partial charge in [-0.05, 0) is 106 Å². The van der Waals surface area contributed by atoms with Crippen LogP contribution >= 0.6 is 0 Å². The van der Waals surface area contributed by atoms with E-state index in [1.165, 1.54) is 17.2 Å². The highest BCUT2D eigenvalue weighted by Crippen LogP contribution is 2.45. The smallest absolute Gasteiger partial charge is 0.337 e. The van der Waals surface area contributed by atoms with Crippen LogP contribution in [0.5, 0.6) is 5.75 Å². The maximum absolute atomic E-state index is 15.6. The standard InChI is InChI=1S/C36H39FN4O4/c1-20-14-29(39-19-38-20)41-12-11-23-15-24(9-10-26(23)18-41)30-21(2)40-22(3)31(34(35(42)43)45-36(4,5)6)32(30)27-16-25-8-7-13-44-33(25)28(37)17-27/h9-10,14-17,19,34H,7-8,11-13,18H2,1-6H3,(H,42,43)/t34-/m0/s1. The van der Waals surface area contributed by atoms with E-state index < -0.39 is 23.5 Å². The number of aryl methyl sites for hydroxylation is 4. The zero-order valence-electron chi connectivity index (χ0n) is 26.7. The second kappa shape index (κ2) is 11.9. The summed E-state index contributed by atoms with van der Waals surface area (Å²) >= 11 is 0. The maximum Gasteiger partial charge on any atom is 0.337 e. The Morgan fingerprint density at radius 3 is 2.49 bits per heavy atom. The first-order valence-electron chi connectivity index (χ1n) is 15.4. The van der Waals surface area contributed by atoms with Crippen molar-refractivity contribution in [2.45, 2.75) is 79.1 Å². The number of benzene rings is 2. The Kier molecular flexibility index (Phi) is 8.07. The molecule has 2 aromatic heterocycles. The molecule has 0 saturated carbocycles. The van der Waals surface area contributed by atoms with Crippen LogP contribution in [-0.4, -0.2) is 44.8 Å². The van der Waals surface area contributed by atoms with Crippen LogP contribution in [0.15, 0.2) is 42.7 Å². The summed E-state index contributed by atoms with van der Waals surface area (Å²) in [5.41, 5.74) is 7.90. The normalized spacial score (nSPS) is 15.2. The molecule has 2 aliphatic heterocycles. The fourth-order valence-corrected chi connectivity index (χ4v) is 6.52. The largest absolute Gasteiger partial charge is 0.490 e. The molecule has 1 atom stereocenters. The van der Waals surface area contributed by atoms with E-state index in [1.54, 1.807) is 13.3 Å². The molecule has 6 rings (SSSR count). The number of carboxylic acids is 1. The summed E-state index contributed by atoms with van der Waals surface area (Å²) < 4.78 is 27.5. The molecule has 234 valence electrons. The molecule has 2 aromatic carbocycles. The third kappa shape index (κ3) is 6.14. The molecule has 45 heavy (non-hydrogen) atoms. The van der Waals surface area contributed by atoms with Gasteiger partial charge in [0.05, 0.1) is 12.2 Å². The average Bonchev–Trinajstić information content (AvgIpc) is 2.99. The number of carbonyl (C=O) groups is 1. The summed E-state index contributed by atoms with van der Waals surface area (Å²) in [7, 11) is 0. The van der Waals surface area contributed by atoms with Crippen molar-refractivity contribution in [1.82, 2.24) is 15.0 Å². The lowest BCUT2D eigenvalue weighted by Crippen LogP contribution is -2.31. The van der Waals surface area contributed by atoms with Crippen LogP contribution < -0.4 is 9.64 Å². The summed E-state index contributed by atoms with van der Waals surface area (Å²) in [5, 5.41) is 10.5. The van der Waals surface area contributed by atoms with Crippen LogP contribution in [-0.2, 0) is 28.9 Å². The minimum atomic E-state index is -1.32. The number of anilines is 1. The number of carboxylic acid groups (broad SMARTS) is 1. The molecular formula is C36H39FN4O4. The molecule has 0 aliphatic carbocycles. The fraction of sp³-hybridized carbons (Fsp3) is 0.389. The van der Waals surface area contributed by atoms with Gasteiger partial charge in [0.2, 0.25) is 0 Å². The Bertz CT molecular complexity index is 1800. The molecule has 0 amide bonds. The first-order valence-corrected chi connectivity index (χ1v) is 15.4. The Labute approximate surface area is 263 Å². The summed E-state index contributed by atoms with van der Waals surface area (Å²) in [6, 6.07) is 11.7. The van der Waals surface area contributed by atoms with Gasteiger partial charge in [-0.3, -0.25) is 4.98 Å².